The quantitative estimate of drug-likeness (QED) is 0.529. The Labute approximate surface area is 133 Å². The third kappa shape index (κ3) is 6.11. The van der Waals surface area contributed by atoms with Gasteiger partial charge in [-0.05, 0) is 19.3 Å². The molecule has 1 saturated heterocycles. The van der Waals surface area contributed by atoms with E-state index in [0.29, 0.717) is 6.54 Å². The number of unbranched alkanes of at least 4 members (excludes halogenated alkanes) is 4. The van der Waals surface area contributed by atoms with E-state index in [4.69, 9.17) is 5.11 Å². The lowest BCUT2D eigenvalue weighted by atomic mass is 9.96. The Kier molecular flexibility index (Phi) is 7.38. The number of carbonyl (C=O) groups excluding carboxylic acids is 1. The standard InChI is InChI=1S/C15H23F3N2O3/c1-2-3-4-5-6-7-8-19-14(23)20-9-11(13(21)22)12(10-20)15(16,17)18/h2,11-12H,1,3-10H2,(H,19,23)(H,21,22)/t11-,12-/m1/s1. The van der Waals surface area contributed by atoms with Gasteiger partial charge in [0, 0.05) is 19.6 Å². The molecule has 2 N–H and O–H groups in total. The number of urea groups is 1. The number of carboxylic acid groups (broad SMARTS) is 1. The van der Waals surface area contributed by atoms with Crippen LogP contribution in [0.1, 0.15) is 32.1 Å². The van der Waals surface area contributed by atoms with E-state index in [0.717, 1.165) is 37.0 Å². The number of carboxylic acids is 1. The van der Waals surface area contributed by atoms with E-state index in [1.54, 1.807) is 0 Å². The van der Waals surface area contributed by atoms with Crippen molar-refractivity contribution < 1.29 is 27.9 Å². The number of hydrogen-bond donors (Lipinski definition) is 2. The first-order chi connectivity index (χ1) is 10.8. The Hall–Kier alpha value is -1.73. The second-order valence-corrected chi connectivity index (χ2v) is 5.72. The zero-order chi connectivity index (χ0) is 17.5. The molecular weight excluding hydrogens is 313 g/mol. The fraction of sp³-hybridized carbons (Fsp3) is 0.733. The summed E-state index contributed by atoms with van der Waals surface area (Å²) >= 11 is 0. The molecule has 0 aromatic heterocycles. The van der Waals surface area contributed by atoms with Crippen LogP contribution in [0.3, 0.4) is 0 Å². The minimum atomic E-state index is -4.62. The van der Waals surface area contributed by atoms with Gasteiger partial charge in [0.25, 0.3) is 0 Å². The zero-order valence-electron chi connectivity index (χ0n) is 12.9. The molecule has 0 unspecified atom stereocenters. The summed E-state index contributed by atoms with van der Waals surface area (Å²) in [5.41, 5.74) is 0. The lowest BCUT2D eigenvalue weighted by Gasteiger charge is -2.18. The van der Waals surface area contributed by atoms with Gasteiger partial charge in [-0.15, -0.1) is 6.58 Å². The third-order valence-corrected chi connectivity index (χ3v) is 3.96. The van der Waals surface area contributed by atoms with Crippen molar-refractivity contribution in [3.63, 3.8) is 0 Å². The molecular formula is C15H23F3N2O3. The van der Waals surface area contributed by atoms with Crippen LogP contribution in [-0.2, 0) is 4.79 Å². The van der Waals surface area contributed by atoms with Crippen LogP contribution < -0.4 is 5.32 Å². The van der Waals surface area contributed by atoms with E-state index < -0.39 is 43.1 Å². The van der Waals surface area contributed by atoms with Gasteiger partial charge >= 0.3 is 18.2 Å². The lowest BCUT2D eigenvalue weighted by Crippen LogP contribution is -2.40. The highest BCUT2D eigenvalue weighted by molar-refractivity contribution is 5.77. The van der Waals surface area contributed by atoms with Crippen molar-refractivity contribution in [2.45, 2.75) is 38.3 Å². The van der Waals surface area contributed by atoms with Crippen LogP contribution in [0.15, 0.2) is 12.7 Å². The summed E-state index contributed by atoms with van der Waals surface area (Å²) in [5.74, 6) is -5.13. The molecule has 2 atom stereocenters. The predicted molar refractivity (Wildman–Crippen MR) is 78.9 cm³/mol. The Balaban J connectivity index is 2.37. The highest BCUT2D eigenvalue weighted by Crippen LogP contribution is 2.37. The van der Waals surface area contributed by atoms with Gasteiger partial charge in [-0.3, -0.25) is 4.79 Å². The monoisotopic (exact) mass is 336 g/mol. The molecule has 0 spiro atoms. The van der Waals surface area contributed by atoms with Crippen molar-refractivity contribution in [2.24, 2.45) is 11.8 Å². The van der Waals surface area contributed by atoms with E-state index in [1.165, 1.54) is 0 Å². The summed E-state index contributed by atoms with van der Waals surface area (Å²) in [7, 11) is 0. The van der Waals surface area contributed by atoms with E-state index in [2.05, 4.69) is 11.9 Å². The van der Waals surface area contributed by atoms with E-state index in [-0.39, 0.29) is 0 Å². The molecule has 0 aliphatic carbocycles. The minimum Gasteiger partial charge on any atom is -0.481 e. The summed E-state index contributed by atoms with van der Waals surface area (Å²) in [5, 5.41) is 11.5. The van der Waals surface area contributed by atoms with Crippen LogP contribution in [0.25, 0.3) is 0 Å². The number of carbonyl (C=O) groups is 2. The molecule has 5 nitrogen and oxygen atoms in total. The van der Waals surface area contributed by atoms with Gasteiger partial charge in [0.15, 0.2) is 0 Å². The zero-order valence-corrected chi connectivity index (χ0v) is 12.9. The molecule has 1 aliphatic heterocycles. The number of halogens is 3. The second kappa shape index (κ2) is 8.79. The molecule has 23 heavy (non-hydrogen) atoms. The van der Waals surface area contributed by atoms with Crippen molar-refractivity contribution >= 4 is 12.0 Å². The summed E-state index contributed by atoms with van der Waals surface area (Å²) in [6, 6.07) is -0.630. The van der Waals surface area contributed by atoms with Gasteiger partial charge in [0.1, 0.15) is 0 Å². The Bertz CT molecular complexity index is 427. The van der Waals surface area contributed by atoms with Crippen molar-refractivity contribution in [1.82, 2.24) is 10.2 Å². The highest BCUT2D eigenvalue weighted by Gasteiger charge is 2.53. The van der Waals surface area contributed by atoms with Crippen molar-refractivity contribution in [1.29, 1.82) is 0 Å². The van der Waals surface area contributed by atoms with Crippen LogP contribution in [0.4, 0.5) is 18.0 Å². The Morgan fingerprint density at radius 1 is 1.22 bits per heavy atom. The number of hydrogen-bond acceptors (Lipinski definition) is 2. The van der Waals surface area contributed by atoms with Crippen molar-refractivity contribution in [3.05, 3.63) is 12.7 Å². The topological polar surface area (TPSA) is 69.6 Å². The SMILES string of the molecule is C=CCCCCCCNC(=O)N1C[C@@H](C(F)(F)F)[C@H](C(=O)O)C1. The summed E-state index contributed by atoms with van der Waals surface area (Å²) in [6.45, 7) is 2.97. The number of alkyl halides is 3. The van der Waals surface area contributed by atoms with Gasteiger partial charge in [0.05, 0.1) is 11.8 Å². The van der Waals surface area contributed by atoms with Crippen LogP contribution in [-0.4, -0.2) is 47.8 Å². The molecule has 1 fully saturated rings. The van der Waals surface area contributed by atoms with Crippen molar-refractivity contribution in [2.75, 3.05) is 19.6 Å². The maximum Gasteiger partial charge on any atom is 0.394 e. The fourth-order valence-electron chi connectivity index (χ4n) is 2.63. The Morgan fingerprint density at radius 2 is 1.87 bits per heavy atom. The first kappa shape index (κ1) is 19.3. The van der Waals surface area contributed by atoms with Gasteiger partial charge in [-0.2, -0.15) is 13.2 Å². The molecule has 0 aromatic rings. The molecule has 2 amide bonds. The third-order valence-electron chi connectivity index (χ3n) is 3.96. The van der Waals surface area contributed by atoms with Crippen molar-refractivity contribution in [3.8, 4) is 0 Å². The van der Waals surface area contributed by atoms with Gasteiger partial charge in [-0.1, -0.05) is 18.9 Å². The number of allylic oxidation sites excluding steroid dienone is 1. The maximum absolute atomic E-state index is 12.8. The van der Waals surface area contributed by atoms with E-state index in [1.807, 2.05) is 6.08 Å². The minimum absolute atomic E-state index is 0.373. The smallest absolute Gasteiger partial charge is 0.394 e. The lowest BCUT2D eigenvalue weighted by molar-refractivity contribution is -0.187. The summed E-state index contributed by atoms with van der Waals surface area (Å²) in [4.78, 5) is 23.7. The van der Waals surface area contributed by atoms with Gasteiger partial charge in [0.2, 0.25) is 0 Å². The molecule has 0 bridgehead atoms. The van der Waals surface area contributed by atoms with E-state index in [9.17, 15) is 22.8 Å². The second-order valence-electron chi connectivity index (χ2n) is 5.72. The van der Waals surface area contributed by atoms with Gasteiger partial charge < -0.3 is 15.3 Å². The maximum atomic E-state index is 12.8. The number of nitrogens with one attached hydrogen (secondary N) is 1. The average Bonchev–Trinajstić information content (AvgIpc) is 2.91. The van der Waals surface area contributed by atoms with Crippen LogP contribution in [0, 0.1) is 11.8 Å². The molecule has 1 heterocycles. The average molecular weight is 336 g/mol. The molecule has 0 radical (unpaired) electrons. The number of aliphatic carboxylic acids is 1. The Morgan fingerprint density at radius 3 is 2.39 bits per heavy atom. The molecule has 132 valence electrons. The fourth-order valence-corrected chi connectivity index (χ4v) is 2.63. The van der Waals surface area contributed by atoms with E-state index >= 15 is 0 Å². The van der Waals surface area contributed by atoms with Gasteiger partial charge in [-0.25, -0.2) is 4.79 Å². The molecule has 1 aliphatic rings. The summed E-state index contributed by atoms with van der Waals surface area (Å²) in [6.07, 6.45) is 1.84. The largest absolute Gasteiger partial charge is 0.481 e. The molecule has 8 heteroatoms. The van der Waals surface area contributed by atoms with Crippen LogP contribution in [0.2, 0.25) is 0 Å². The molecule has 0 saturated carbocycles. The number of likely N-dealkylation sites (tertiary alicyclic amines) is 1. The molecule has 1 rings (SSSR count). The molecule has 0 aromatic carbocycles. The normalized spacial score (nSPS) is 21.3. The first-order valence-electron chi connectivity index (χ1n) is 7.70. The number of nitrogens with zero attached hydrogens (tertiary/aromatic N) is 1. The van der Waals surface area contributed by atoms with Crippen LogP contribution >= 0.6 is 0 Å². The first-order valence-corrected chi connectivity index (χ1v) is 7.70. The number of rotatable bonds is 8. The summed E-state index contributed by atoms with van der Waals surface area (Å²) < 4.78 is 38.5. The van der Waals surface area contributed by atoms with Crippen LogP contribution in [0.5, 0.6) is 0 Å². The number of amides is 2. The highest BCUT2D eigenvalue weighted by atomic mass is 19.4. The predicted octanol–water partition coefficient (Wildman–Crippen LogP) is 3.03.